The number of aromatic nitrogens is 2. The molecule has 3 N–H and O–H groups in total. The number of nitrogens with zero attached hydrogens (tertiary/aromatic N) is 2. The Hall–Kier alpha value is -3.29. The van der Waals surface area contributed by atoms with Crippen molar-refractivity contribution < 1.29 is 19.4 Å². The fourth-order valence-electron chi connectivity index (χ4n) is 2.10. The van der Waals surface area contributed by atoms with Crippen LogP contribution in [-0.2, 0) is 9.59 Å². The molecule has 0 saturated carbocycles. The molecule has 2 aromatic rings. The van der Waals surface area contributed by atoms with Crippen LogP contribution >= 0.6 is 0 Å². The van der Waals surface area contributed by atoms with Gasteiger partial charge in [-0.15, -0.1) is 0 Å². The summed E-state index contributed by atoms with van der Waals surface area (Å²) in [4.78, 5) is 30.5. The molecule has 0 aliphatic heterocycles. The third kappa shape index (κ3) is 4.84. The van der Waals surface area contributed by atoms with Crippen LogP contribution in [0.4, 0.5) is 5.69 Å². The van der Waals surface area contributed by atoms with E-state index in [9.17, 15) is 9.59 Å². The number of hydrogen-bond donors (Lipinski definition) is 3. The molecule has 0 radical (unpaired) electrons. The highest BCUT2D eigenvalue weighted by Crippen LogP contribution is 2.26. The summed E-state index contributed by atoms with van der Waals surface area (Å²) in [5.74, 6) is -0.564. The summed E-state index contributed by atoms with van der Waals surface area (Å²) in [5.41, 5.74) is 0.410. The third-order valence-electron chi connectivity index (χ3n) is 3.30. The summed E-state index contributed by atoms with van der Waals surface area (Å²) in [5, 5.41) is 19.4. The standard InChI is InChI=1S/C17H18N4O4/c1-10(22)16(18)13-8-12(4-5-14(13)21-9-15(23)24)25-11(2)17-19-6-3-7-20-17/h3-8,11,18,21H,9H2,1-2H3,(H,23,24). The van der Waals surface area contributed by atoms with Gasteiger partial charge in [0.2, 0.25) is 0 Å². The summed E-state index contributed by atoms with van der Waals surface area (Å²) < 4.78 is 5.77. The number of ether oxygens (including phenoxy) is 1. The molecule has 1 aromatic heterocycles. The predicted octanol–water partition coefficient (Wildman–Crippen LogP) is 2.07. The van der Waals surface area contributed by atoms with Gasteiger partial charge in [-0.25, -0.2) is 9.97 Å². The zero-order valence-electron chi connectivity index (χ0n) is 13.8. The van der Waals surface area contributed by atoms with Gasteiger partial charge in [-0.2, -0.15) is 0 Å². The molecule has 1 atom stereocenters. The quantitative estimate of drug-likeness (QED) is 0.627. The zero-order chi connectivity index (χ0) is 18.4. The smallest absolute Gasteiger partial charge is 0.322 e. The lowest BCUT2D eigenvalue weighted by atomic mass is 10.0. The summed E-state index contributed by atoms with van der Waals surface area (Å²) in [6.45, 7) is 2.73. The second kappa shape index (κ2) is 8.00. The summed E-state index contributed by atoms with van der Waals surface area (Å²) in [6, 6.07) is 6.42. The van der Waals surface area contributed by atoms with Crippen molar-refractivity contribution in [3.05, 3.63) is 48.0 Å². The Labute approximate surface area is 144 Å². The van der Waals surface area contributed by atoms with Gasteiger partial charge in [0, 0.05) is 30.6 Å². The van der Waals surface area contributed by atoms with Gasteiger partial charge in [0.05, 0.1) is 0 Å². The number of carboxylic acids is 1. The van der Waals surface area contributed by atoms with Crippen LogP contribution in [0.5, 0.6) is 5.75 Å². The largest absolute Gasteiger partial charge is 0.483 e. The van der Waals surface area contributed by atoms with Gasteiger partial charge in [0.25, 0.3) is 0 Å². The molecule has 130 valence electrons. The number of hydrogen-bond acceptors (Lipinski definition) is 7. The van der Waals surface area contributed by atoms with Gasteiger partial charge in [-0.05, 0) is 31.2 Å². The number of carbonyl (C=O) groups excluding carboxylic acids is 1. The van der Waals surface area contributed by atoms with E-state index in [0.717, 1.165) is 0 Å². The number of Topliss-reactive ketones (excluding diaryl/α,β-unsaturated/α-hetero) is 1. The number of aliphatic carboxylic acids is 1. The first kappa shape index (κ1) is 18.1. The van der Waals surface area contributed by atoms with Gasteiger partial charge < -0.3 is 15.2 Å². The van der Waals surface area contributed by atoms with E-state index in [0.29, 0.717) is 17.3 Å². The first-order valence-electron chi connectivity index (χ1n) is 7.51. The average molecular weight is 342 g/mol. The van der Waals surface area contributed by atoms with Gasteiger partial charge in [0.15, 0.2) is 17.7 Å². The number of carbonyl (C=O) groups is 2. The second-order valence-corrected chi connectivity index (χ2v) is 5.25. The molecule has 0 bridgehead atoms. The molecule has 1 unspecified atom stereocenters. The SMILES string of the molecule is CC(=O)C(=N)c1cc(OC(C)c2ncccn2)ccc1NCC(=O)O. The van der Waals surface area contributed by atoms with E-state index >= 15 is 0 Å². The Kier molecular flexibility index (Phi) is 5.78. The molecule has 1 aromatic carbocycles. The van der Waals surface area contributed by atoms with Crippen molar-refractivity contribution in [1.29, 1.82) is 5.41 Å². The highest BCUT2D eigenvalue weighted by molar-refractivity contribution is 6.45. The molecule has 8 heteroatoms. The van der Waals surface area contributed by atoms with Gasteiger partial charge in [-0.1, -0.05) is 0 Å². The van der Waals surface area contributed by atoms with E-state index in [-0.39, 0.29) is 17.8 Å². The van der Waals surface area contributed by atoms with Crippen LogP contribution < -0.4 is 10.1 Å². The van der Waals surface area contributed by atoms with Crippen molar-refractivity contribution in [2.75, 3.05) is 11.9 Å². The second-order valence-electron chi connectivity index (χ2n) is 5.25. The molecular weight excluding hydrogens is 324 g/mol. The topological polar surface area (TPSA) is 125 Å². The first-order chi connectivity index (χ1) is 11.9. The molecule has 0 fully saturated rings. The maximum atomic E-state index is 11.6. The minimum atomic E-state index is -1.05. The van der Waals surface area contributed by atoms with E-state index < -0.39 is 17.9 Å². The highest BCUT2D eigenvalue weighted by Gasteiger charge is 2.16. The van der Waals surface area contributed by atoms with Gasteiger partial charge in [-0.3, -0.25) is 15.0 Å². The van der Waals surface area contributed by atoms with Gasteiger partial charge in [0.1, 0.15) is 18.0 Å². The van der Waals surface area contributed by atoms with Crippen LogP contribution in [0.3, 0.4) is 0 Å². The monoisotopic (exact) mass is 342 g/mol. The minimum Gasteiger partial charge on any atom is -0.483 e. The van der Waals surface area contributed by atoms with Crippen molar-refractivity contribution in [3.63, 3.8) is 0 Å². The minimum absolute atomic E-state index is 0.234. The van der Waals surface area contributed by atoms with Gasteiger partial charge >= 0.3 is 5.97 Å². The lowest BCUT2D eigenvalue weighted by molar-refractivity contribution is -0.134. The molecule has 2 rings (SSSR count). The lowest BCUT2D eigenvalue weighted by Gasteiger charge is -2.16. The van der Waals surface area contributed by atoms with Crippen LogP contribution in [0.1, 0.15) is 31.3 Å². The normalized spacial score (nSPS) is 11.4. The molecule has 25 heavy (non-hydrogen) atoms. The van der Waals surface area contributed by atoms with Crippen molar-refractivity contribution in [1.82, 2.24) is 9.97 Å². The summed E-state index contributed by atoms with van der Waals surface area (Å²) in [6.07, 6.45) is 2.79. The van der Waals surface area contributed by atoms with Crippen LogP contribution in [0, 0.1) is 5.41 Å². The maximum absolute atomic E-state index is 11.6. The Morgan fingerprint density at radius 2 is 2.00 bits per heavy atom. The van der Waals surface area contributed by atoms with Crippen LogP contribution in [0.2, 0.25) is 0 Å². The average Bonchev–Trinajstić information content (AvgIpc) is 2.60. The van der Waals surface area contributed by atoms with Crippen LogP contribution in [0.15, 0.2) is 36.7 Å². The number of benzene rings is 1. The fraction of sp³-hybridized carbons (Fsp3) is 0.235. The van der Waals surface area contributed by atoms with E-state index in [4.69, 9.17) is 15.3 Å². The zero-order valence-corrected chi connectivity index (χ0v) is 13.8. The number of nitrogens with one attached hydrogen (secondary N) is 2. The summed E-state index contributed by atoms with van der Waals surface area (Å²) in [7, 11) is 0. The summed E-state index contributed by atoms with van der Waals surface area (Å²) >= 11 is 0. The Morgan fingerprint density at radius 1 is 1.32 bits per heavy atom. The number of anilines is 1. The fourth-order valence-corrected chi connectivity index (χ4v) is 2.10. The molecule has 8 nitrogen and oxygen atoms in total. The molecule has 0 saturated heterocycles. The molecule has 0 aliphatic rings. The number of rotatable bonds is 8. The van der Waals surface area contributed by atoms with E-state index in [1.165, 1.54) is 13.0 Å². The number of carboxylic acid groups (broad SMARTS) is 1. The van der Waals surface area contributed by atoms with E-state index in [1.54, 1.807) is 37.5 Å². The van der Waals surface area contributed by atoms with E-state index in [1.807, 2.05) is 0 Å². The Morgan fingerprint density at radius 3 is 2.60 bits per heavy atom. The van der Waals surface area contributed by atoms with Crippen molar-refractivity contribution in [2.45, 2.75) is 20.0 Å². The van der Waals surface area contributed by atoms with Crippen LogP contribution in [0.25, 0.3) is 0 Å². The molecule has 0 amide bonds. The van der Waals surface area contributed by atoms with Crippen LogP contribution in [-0.4, -0.2) is 39.1 Å². The Bertz CT molecular complexity index is 792. The lowest BCUT2D eigenvalue weighted by Crippen LogP contribution is -2.17. The van der Waals surface area contributed by atoms with Crippen molar-refractivity contribution in [2.24, 2.45) is 0 Å². The van der Waals surface area contributed by atoms with Crippen molar-refractivity contribution >= 4 is 23.2 Å². The molecule has 0 spiro atoms. The molecule has 0 aliphatic carbocycles. The van der Waals surface area contributed by atoms with E-state index in [2.05, 4.69) is 15.3 Å². The predicted molar refractivity (Wildman–Crippen MR) is 91.2 cm³/mol. The highest BCUT2D eigenvalue weighted by atomic mass is 16.5. The Balaban J connectivity index is 2.27. The third-order valence-corrected chi connectivity index (χ3v) is 3.30. The maximum Gasteiger partial charge on any atom is 0.322 e. The first-order valence-corrected chi connectivity index (χ1v) is 7.51. The molecular formula is C17H18N4O4. The molecule has 1 heterocycles. The van der Waals surface area contributed by atoms with Crippen molar-refractivity contribution in [3.8, 4) is 5.75 Å². The number of ketones is 1.